The molecule has 0 radical (unpaired) electrons. The largest absolute Gasteiger partial charge is 0.365 e. The number of nitriles is 1. The van der Waals surface area contributed by atoms with E-state index < -0.39 is 17.3 Å². The van der Waals surface area contributed by atoms with Gasteiger partial charge in [-0.15, -0.1) is 0 Å². The number of amides is 2. The van der Waals surface area contributed by atoms with Gasteiger partial charge in [0, 0.05) is 43.3 Å². The van der Waals surface area contributed by atoms with Gasteiger partial charge in [-0.05, 0) is 36.2 Å². The molecule has 2 aromatic carbocycles. The van der Waals surface area contributed by atoms with E-state index in [0.717, 1.165) is 4.74 Å². The molecule has 0 aliphatic heterocycles. The number of aryl methyl sites for hydroxylation is 2. The van der Waals surface area contributed by atoms with Gasteiger partial charge < -0.3 is 19.6 Å². The van der Waals surface area contributed by atoms with Crippen molar-refractivity contribution in [3.8, 4) is 28.3 Å². The first-order valence-corrected chi connectivity index (χ1v) is 11.7. The number of benzene rings is 2. The van der Waals surface area contributed by atoms with E-state index in [9.17, 15) is 19.6 Å². The summed E-state index contributed by atoms with van der Waals surface area (Å²) >= 11 is 0. The van der Waals surface area contributed by atoms with Gasteiger partial charge in [0.25, 0.3) is 17.4 Å². The Morgan fingerprint density at radius 3 is 2.49 bits per heavy atom. The molecule has 11 heteroatoms. The molecule has 5 rings (SSSR count). The van der Waals surface area contributed by atoms with Crippen LogP contribution in [0.4, 0.5) is 10.1 Å². The number of nitrogens with one attached hydrogen (secondary N) is 2. The average molecular weight is 525 g/mol. The van der Waals surface area contributed by atoms with Crippen LogP contribution in [0.3, 0.4) is 0 Å². The molecule has 0 aliphatic carbocycles. The fourth-order valence-corrected chi connectivity index (χ4v) is 4.35. The van der Waals surface area contributed by atoms with Crippen molar-refractivity contribution in [1.29, 1.82) is 5.26 Å². The topological polar surface area (TPSA) is 134 Å². The number of anilines is 1. The van der Waals surface area contributed by atoms with Crippen molar-refractivity contribution in [3.63, 3.8) is 0 Å². The van der Waals surface area contributed by atoms with Gasteiger partial charge in [-0.3, -0.25) is 14.4 Å². The number of halogens is 1. The first kappa shape index (κ1) is 25.2. The Morgan fingerprint density at radius 2 is 1.79 bits per heavy atom. The maximum Gasteiger partial charge on any atom is 0.291 e. The van der Waals surface area contributed by atoms with Crippen molar-refractivity contribution in [1.82, 2.24) is 19.4 Å². The van der Waals surface area contributed by atoms with Gasteiger partial charge in [0.15, 0.2) is 11.5 Å². The van der Waals surface area contributed by atoms with Crippen molar-refractivity contribution < 1.29 is 18.5 Å². The van der Waals surface area contributed by atoms with Gasteiger partial charge in [0.05, 0.1) is 5.69 Å². The third-order valence-electron chi connectivity index (χ3n) is 6.18. The van der Waals surface area contributed by atoms with Crippen molar-refractivity contribution in [2.75, 3.05) is 12.4 Å². The number of aromatic nitrogens is 3. The molecule has 0 fully saturated rings. The van der Waals surface area contributed by atoms with E-state index in [4.69, 9.17) is 4.52 Å². The van der Waals surface area contributed by atoms with Crippen LogP contribution in [-0.2, 0) is 7.05 Å². The molecule has 2 amide bonds. The summed E-state index contributed by atoms with van der Waals surface area (Å²) in [5.74, 6) is -1.73. The molecular weight excluding hydrogens is 503 g/mol. The Morgan fingerprint density at radius 1 is 1.08 bits per heavy atom. The molecule has 194 valence electrons. The first-order chi connectivity index (χ1) is 18.7. The highest BCUT2D eigenvalue weighted by Gasteiger charge is 2.23. The van der Waals surface area contributed by atoms with Crippen LogP contribution in [0.5, 0.6) is 0 Å². The number of rotatable bonds is 5. The van der Waals surface area contributed by atoms with E-state index >= 15 is 4.39 Å². The standard InChI is InChI=1S/C28H21FN6O4/c1-15-13-35-14-20(16-7-9-17(10-8-16)22-21(12-30)39-34(3)28(22)38)23(29)25(35)24(32-15)27(37)33-19-6-4-5-18(11-19)26(36)31-2/h4-11,13-14H,1-3H3,(H,31,36)(H,33,37). The van der Waals surface area contributed by atoms with Crippen LogP contribution >= 0.6 is 0 Å². The SMILES string of the molecule is CNC(=O)c1cccc(NC(=O)c2nc(C)cn3cc(-c4ccc(-c5c(C#N)on(C)c5=O)cc4)c(F)c23)c1. The maximum absolute atomic E-state index is 15.8. The monoisotopic (exact) mass is 524 g/mol. The molecule has 0 saturated heterocycles. The zero-order valence-corrected chi connectivity index (χ0v) is 21.1. The van der Waals surface area contributed by atoms with E-state index in [1.54, 1.807) is 61.8 Å². The lowest BCUT2D eigenvalue weighted by molar-refractivity contribution is 0.0961. The number of carbonyl (C=O) groups is 2. The van der Waals surface area contributed by atoms with Gasteiger partial charge in [-0.2, -0.15) is 10.0 Å². The lowest BCUT2D eigenvalue weighted by atomic mass is 10.0. The Labute approximate surface area is 220 Å². The molecule has 0 aliphatic rings. The zero-order chi connectivity index (χ0) is 27.8. The highest BCUT2D eigenvalue weighted by atomic mass is 19.1. The fourth-order valence-electron chi connectivity index (χ4n) is 4.35. The first-order valence-electron chi connectivity index (χ1n) is 11.7. The minimum absolute atomic E-state index is 0.0184. The Kier molecular flexibility index (Phi) is 6.29. The molecule has 10 nitrogen and oxygen atoms in total. The van der Waals surface area contributed by atoms with Gasteiger partial charge in [0.1, 0.15) is 17.1 Å². The number of carbonyl (C=O) groups excluding carboxylic acids is 2. The molecule has 0 bridgehead atoms. The third kappa shape index (κ3) is 4.44. The molecule has 0 saturated carbocycles. The Balaban J connectivity index is 1.53. The van der Waals surface area contributed by atoms with Crippen molar-refractivity contribution >= 4 is 23.0 Å². The lowest BCUT2D eigenvalue weighted by Crippen LogP contribution is -2.19. The normalized spacial score (nSPS) is 10.8. The summed E-state index contributed by atoms with van der Waals surface area (Å²) in [5.41, 5.74) is 1.86. The van der Waals surface area contributed by atoms with Crippen molar-refractivity contribution in [3.05, 3.63) is 99.8 Å². The third-order valence-corrected chi connectivity index (χ3v) is 6.18. The number of nitrogens with zero attached hydrogens (tertiary/aromatic N) is 4. The maximum atomic E-state index is 15.8. The summed E-state index contributed by atoms with van der Waals surface area (Å²) in [6.45, 7) is 1.69. The second-order valence-corrected chi connectivity index (χ2v) is 8.74. The van der Waals surface area contributed by atoms with Crippen LogP contribution in [-0.4, -0.2) is 33.0 Å². The average Bonchev–Trinajstić information content (AvgIpc) is 3.42. The molecule has 2 N–H and O–H groups in total. The van der Waals surface area contributed by atoms with E-state index in [1.807, 2.05) is 6.07 Å². The van der Waals surface area contributed by atoms with E-state index in [-0.39, 0.29) is 34.0 Å². The summed E-state index contributed by atoms with van der Waals surface area (Å²) in [5, 5.41) is 14.5. The predicted octanol–water partition coefficient (Wildman–Crippen LogP) is 3.89. The quantitative estimate of drug-likeness (QED) is 0.358. The van der Waals surface area contributed by atoms with Crippen LogP contribution in [0.2, 0.25) is 0 Å². The summed E-state index contributed by atoms with van der Waals surface area (Å²) < 4.78 is 23.4. The molecular formula is C28H21FN6O4. The number of hydrogen-bond acceptors (Lipinski definition) is 6. The van der Waals surface area contributed by atoms with Gasteiger partial charge in [-0.1, -0.05) is 30.3 Å². The second kappa shape index (κ2) is 9.75. The lowest BCUT2D eigenvalue weighted by Gasteiger charge is -2.09. The van der Waals surface area contributed by atoms with Crippen LogP contribution in [0.25, 0.3) is 27.8 Å². The minimum atomic E-state index is -0.656. The van der Waals surface area contributed by atoms with Crippen molar-refractivity contribution in [2.45, 2.75) is 6.92 Å². The molecule has 0 unspecified atom stereocenters. The minimum Gasteiger partial charge on any atom is -0.365 e. The highest BCUT2D eigenvalue weighted by molar-refractivity contribution is 6.08. The highest BCUT2D eigenvalue weighted by Crippen LogP contribution is 2.31. The molecule has 3 aromatic heterocycles. The van der Waals surface area contributed by atoms with Crippen LogP contribution in [0.1, 0.15) is 32.3 Å². The van der Waals surface area contributed by atoms with Gasteiger partial charge in [-0.25, -0.2) is 9.37 Å². The molecule has 0 spiro atoms. The fraction of sp³-hybridized carbons (Fsp3) is 0.107. The summed E-state index contributed by atoms with van der Waals surface area (Å²) in [4.78, 5) is 41.8. The van der Waals surface area contributed by atoms with E-state index in [2.05, 4.69) is 15.6 Å². The number of hydrogen-bond donors (Lipinski definition) is 2. The zero-order valence-electron chi connectivity index (χ0n) is 21.1. The summed E-state index contributed by atoms with van der Waals surface area (Å²) in [6, 6.07) is 14.6. The second-order valence-electron chi connectivity index (χ2n) is 8.74. The van der Waals surface area contributed by atoms with Gasteiger partial charge in [0.2, 0.25) is 5.76 Å². The summed E-state index contributed by atoms with van der Waals surface area (Å²) in [7, 11) is 2.91. The predicted molar refractivity (Wildman–Crippen MR) is 141 cm³/mol. The molecule has 0 atom stereocenters. The van der Waals surface area contributed by atoms with Gasteiger partial charge >= 0.3 is 0 Å². The van der Waals surface area contributed by atoms with E-state index in [0.29, 0.717) is 28.1 Å². The van der Waals surface area contributed by atoms with Crippen molar-refractivity contribution in [2.24, 2.45) is 7.05 Å². The summed E-state index contributed by atoms with van der Waals surface area (Å²) in [6.07, 6.45) is 3.16. The smallest absolute Gasteiger partial charge is 0.291 e. The Hall–Kier alpha value is -5.50. The molecule has 5 aromatic rings. The van der Waals surface area contributed by atoms with E-state index in [1.165, 1.54) is 24.6 Å². The van der Waals surface area contributed by atoms with Crippen LogP contribution in [0, 0.1) is 24.1 Å². The van der Waals surface area contributed by atoms with Crippen LogP contribution in [0.15, 0.2) is 70.2 Å². The number of fused-ring (bicyclic) bond motifs is 1. The van der Waals surface area contributed by atoms with Crippen LogP contribution < -0.4 is 16.2 Å². The molecule has 39 heavy (non-hydrogen) atoms. The molecule has 3 heterocycles. The Bertz CT molecular complexity index is 1880.